The average Bonchev–Trinajstić information content (AvgIpc) is 2.27. The second kappa shape index (κ2) is 7.60. The van der Waals surface area contributed by atoms with Crippen LogP contribution in [-0.4, -0.2) is 20.0 Å². The first kappa shape index (κ1) is 13.4. The van der Waals surface area contributed by atoms with Crippen LogP contribution < -0.4 is 0 Å². The fourth-order valence-corrected chi connectivity index (χ4v) is 2.95. The first-order valence-electron chi connectivity index (χ1n) is 4.63. The number of thiol groups is 1. The van der Waals surface area contributed by atoms with Crippen LogP contribution in [0.5, 0.6) is 0 Å². The van der Waals surface area contributed by atoms with Gasteiger partial charge in [-0.1, -0.05) is 42.5 Å². The SMILES string of the molecule is O=C(O)CC=[SH]C(=S)SCc1ccccc1. The highest BCUT2D eigenvalue weighted by molar-refractivity contribution is 8.45. The van der Waals surface area contributed by atoms with Gasteiger partial charge in [0.15, 0.2) is 0 Å². The van der Waals surface area contributed by atoms with E-state index >= 15 is 0 Å². The smallest absolute Gasteiger partial charge is 0.307 e. The van der Waals surface area contributed by atoms with E-state index in [9.17, 15) is 4.79 Å². The van der Waals surface area contributed by atoms with E-state index in [1.54, 1.807) is 17.1 Å². The molecule has 0 amide bonds. The summed E-state index contributed by atoms with van der Waals surface area (Å²) in [5.41, 5.74) is 1.23. The summed E-state index contributed by atoms with van der Waals surface area (Å²) in [7, 11) is 0. The molecule has 0 spiro atoms. The highest BCUT2D eigenvalue weighted by Crippen LogP contribution is 2.17. The quantitative estimate of drug-likeness (QED) is 0.653. The number of thiocarbonyl (C=S) groups is 1. The molecule has 0 saturated carbocycles. The van der Waals surface area contributed by atoms with Crippen molar-refractivity contribution in [2.24, 2.45) is 0 Å². The highest BCUT2D eigenvalue weighted by atomic mass is 32.2. The van der Waals surface area contributed by atoms with E-state index in [1.165, 1.54) is 5.56 Å². The van der Waals surface area contributed by atoms with Crippen LogP contribution in [-0.2, 0) is 10.5 Å². The minimum absolute atomic E-state index is 0.0631. The molecule has 1 rings (SSSR count). The van der Waals surface area contributed by atoms with Gasteiger partial charge >= 0.3 is 5.97 Å². The van der Waals surface area contributed by atoms with Gasteiger partial charge in [0, 0.05) is 5.75 Å². The number of thioether (sulfide) groups is 1. The molecule has 0 fully saturated rings. The van der Waals surface area contributed by atoms with Crippen LogP contribution in [0.2, 0.25) is 0 Å². The Balaban J connectivity index is 2.30. The van der Waals surface area contributed by atoms with Crippen LogP contribution in [0.4, 0.5) is 0 Å². The van der Waals surface area contributed by atoms with Crippen molar-refractivity contribution in [2.45, 2.75) is 12.2 Å². The Morgan fingerprint density at radius 1 is 1.44 bits per heavy atom. The zero-order chi connectivity index (χ0) is 11.8. The van der Waals surface area contributed by atoms with Crippen molar-refractivity contribution >= 4 is 50.2 Å². The summed E-state index contributed by atoms with van der Waals surface area (Å²) >= 11 is 7.53. The van der Waals surface area contributed by atoms with Gasteiger partial charge in [0.1, 0.15) is 0 Å². The molecule has 1 aromatic carbocycles. The Hall–Kier alpha value is -0.650. The van der Waals surface area contributed by atoms with Crippen molar-refractivity contribution < 1.29 is 9.90 Å². The molecule has 5 heteroatoms. The fraction of sp³-hybridized carbons (Fsp3) is 0.182. The third-order valence-corrected chi connectivity index (χ3v) is 4.34. The van der Waals surface area contributed by atoms with Crippen molar-refractivity contribution in [2.75, 3.05) is 0 Å². The first-order valence-corrected chi connectivity index (χ1v) is 6.99. The lowest BCUT2D eigenvalue weighted by Crippen LogP contribution is -1.93. The van der Waals surface area contributed by atoms with Crippen molar-refractivity contribution in [1.82, 2.24) is 0 Å². The fourth-order valence-electron chi connectivity index (χ4n) is 0.955. The molecule has 1 aromatic rings. The van der Waals surface area contributed by atoms with Gasteiger partial charge < -0.3 is 5.11 Å². The van der Waals surface area contributed by atoms with E-state index < -0.39 is 5.97 Å². The molecule has 0 atom stereocenters. The van der Waals surface area contributed by atoms with Crippen LogP contribution in [0.25, 0.3) is 0 Å². The molecule has 86 valence electrons. The number of rotatable bonds is 4. The Morgan fingerprint density at radius 2 is 2.12 bits per heavy atom. The van der Waals surface area contributed by atoms with Crippen molar-refractivity contribution in [3.05, 3.63) is 35.9 Å². The topological polar surface area (TPSA) is 37.3 Å². The molecule has 0 aliphatic carbocycles. The lowest BCUT2D eigenvalue weighted by atomic mass is 10.2. The van der Waals surface area contributed by atoms with E-state index in [2.05, 4.69) is 0 Å². The van der Waals surface area contributed by atoms with Crippen molar-refractivity contribution in [1.29, 1.82) is 0 Å². The standard InChI is InChI=1S/C11H12O2S3/c12-10(13)6-7-15-11(14)16-8-9-4-2-1-3-5-9/h1-5,7,15H,6,8H2,(H,12,13). The summed E-state index contributed by atoms with van der Waals surface area (Å²) in [5, 5.41) is 10.1. The first-order chi connectivity index (χ1) is 7.68. The summed E-state index contributed by atoms with van der Waals surface area (Å²) in [6.45, 7) is 0. The molecular formula is C11H12O2S3. The maximum Gasteiger partial charge on any atom is 0.307 e. The predicted octanol–water partition coefficient (Wildman–Crippen LogP) is 2.95. The number of hydrogen-bond donors (Lipinski definition) is 2. The molecule has 2 nitrogen and oxygen atoms in total. The van der Waals surface area contributed by atoms with Gasteiger partial charge in [-0.25, -0.2) is 0 Å². The second-order valence-corrected chi connectivity index (χ2v) is 6.28. The van der Waals surface area contributed by atoms with Crippen molar-refractivity contribution in [3.63, 3.8) is 0 Å². The van der Waals surface area contributed by atoms with Gasteiger partial charge in [-0.05, 0) is 10.9 Å². The third-order valence-electron chi connectivity index (χ3n) is 1.67. The van der Waals surface area contributed by atoms with Crippen LogP contribution in [0.1, 0.15) is 12.0 Å². The summed E-state index contributed by atoms with van der Waals surface area (Å²) in [5.74, 6) is 0.0245. The lowest BCUT2D eigenvalue weighted by Gasteiger charge is -1.99. The summed E-state index contributed by atoms with van der Waals surface area (Å²) < 4.78 is 0.810. The Morgan fingerprint density at radius 3 is 2.75 bits per heavy atom. The maximum absolute atomic E-state index is 10.3. The molecule has 1 N–H and O–H groups in total. The zero-order valence-corrected chi connectivity index (χ0v) is 11.0. The minimum Gasteiger partial charge on any atom is -0.481 e. The normalized spacial score (nSPS) is 11.0. The van der Waals surface area contributed by atoms with E-state index in [0.717, 1.165) is 20.6 Å². The predicted molar refractivity (Wildman–Crippen MR) is 77.6 cm³/mol. The largest absolute Gasteiger partial charge is 0.481 e. The lowest BCUT2D eigenvalue weighted by molar-refractivity contribution is -0.135. The number of aliphatic carboxylic acids is 1. The molecule has 0 aliphatic heterocycles. The molecule has 0 bridgehead atoms. The zero-order valence-electron chi connectivity index (χ0n) is 8.50. The molecule has 16 heavy (non-hydrogen) atoms. The van der Waals surface area contributed by atoms with Gasteiger partial charge in [0.2, 0.25) is 0 Å². The molecule has 0 radical (unpaired) electrons. The second-order valence-electron chi connectivity index (χ2n) is 2.95. The number of carboxylic acids is 1. The van der Waals surface area contributed by atoms with Crippen LogP contribution in [0.15, 0.2) is 30.3 Å². The number of benzene rings is 1. The monoisotopic (exact) mass is 272 g/mol. The van der Waals surface area contributed by atoms with Crippen LogP contribution in [0.3, 0.4) is 0 Å². The Labute approximate surface area is 108 Å². The van der Waals surface area contributed by atoms with Gasteiger partial charge in [-0.15, -0.1) is 11.8 Å². The molecular weight excluding hydrogens is 260 g/mol. The third kappa shape index (κ3) is 6.05. The molecule has 0 aromatic heterocycles. The Kier molecular flexibility index (Phi) is 6.37. The summed E-state index contributed by atoms with van der Waals surface area (Å²) in [6.07, 6.45) is 0.0631. The van der Waals surface area contributed by atoms with E-state index in [0.29, 0.717) is 0 Å². The number of carbonyl (C=O) groups is 1. The summed E-state index contributed by atoms with van der Waals surface area (Å²) in [6, 6.07) is 10.1. The van der Waals surface area contributed by atoms with E-state index in [4.69, 9.17) is 17.3 Å². The summed E-state index contributed by atoms with van der Waals surface area (Å²) in [4.78, 5) is 10.3. The van der Waals surface area contributed by atoms with Crippen LogP contribution in [0, 0.1) is 0 Å². The van der Waals surface area contributed by atoms with Gasteiger partial charge in [0.25, 0.3) is 0 Å². The van der Waals surface area contributed by atoms with Crippen LogP contribution >= 0.6 is 35.3 Å². The number of carboxylic acid groups (broad SMARTS) is 1. The Bertz CT molecular complexity index is 387. The molecule has 0 saturated heterocycles. The van der Waals surface area contributed by atoms with Crippen molar-refractivity contribution in [3.8, 4) is 0 Å². The molecule has 0 heterocycles. The van der Waals surface area contributed by atoms with Gasteiger partial charge in [0.05, 0.1) is 9.95 Å². The highest BCUT2D eigenvalue weighted by Gasteiger charge is 1.96. The minimum atomic E-state index is -0.816. The van der Waals surface area contributed by atoms with E-state index in [-0.39, 0.29) is 6.42 Å². The molecule has 0 unspecified atom stereocenters. The van der Waals surface area contributed by atoms with Gasteiger partial charge in [-0.3, -0.25) is 4.79 Å². The van der Waals surface area contributed by atoms with E-state index in [1.807, 2.05) is 30.3 Å². The molecule has 0 aliphatic rings. The van der Waals surface area contributed by atoms with Gasteiger partial charge in [-0.2, -0.15) is 11.4 Å². The number of hydrogen-bond acceptors (Lipinski definition) is 3. The average molecular weight is 272 g/mol. The maximum atomic E-state index is 10.3.